The minimum absolute atomic E-state index is 0.0421. The van der Waals surface area contributed by atoms with Crippen LogP contribution in [0.4, 0.5) is 10.1 Å². The maximum Gasteiger partial charge on any atom is 0.243 e. The second-order valence-corrected chi connectivity index (χ2v) is 5.32. The topological polar surface area (TPSA) is 113 Å². The Morgan fingerprint density at radius 3 is 2.17 bits per heavy atom. The number of hydrogen-bond donors (Lipinski definition) is 4. The molecule has 5 N–H and O–H groups in total. The number of carbonyl (C=O) groups is 3. The van der Waals surface area contributed by atoms with Gasteiger partial charge in [-0.1, -0.05) is 13.8 Å². The van der Waals surface area contributed by atoms with Crippen LogP contribution in [-0.4, -0.2) is 36.9 Å². The summed E-state index contributed by atoms with van der Waals surface area (Å²) in [5.74, 6) is -1.85. The van der Waals surface area contributed by atoms with E-state index in [1.165, 1.54) is 24.3 Å². The first kappa shape index (κ1) is 18.6. The smallest absolute Gasteiger partial charge is 0.243 e. The lowest BCUT2D eigenvalue weighted by atomic mass is 10.1. The van der Waals surface area contributed by atoms with Gasteiger partial charge in [0, 0.05) is 5.69 Å². The zero-order valence-electron chi connectivity index (χ0n) is 13.1. The molecule has 0 saturated heterocycles. The van der Waals surface area contributed by atoms with Crippen LogP contribution >= 0.6 is 0 Å². The van der Waals surface area contributed by atoms with Gasteiger partial charge in [-0.3, -0.25) is 14.4 Å². The summed E-state index contributed by atoms with van der Waals surface area (Å²) < 4.78 is 12.7. The molecule has 3 amide bonds. The van der Waals surface area contributed by atoms with Crippen LogP contribution in [0.1, 0.15) is 13.8 Å². The van der Waals surface area contributed by atoms with Crippen LogP contribution in [0.5, 0.6) is 0 Å². The molecule has 0 fully saturated rings. The summed E-state index contributed by atoms with van der Waals surface area (Å²) in [5, 5.41) is 7.25. The summed E-state index contributed by atoms with van der Waals surface area (Å²) in [6, 6.07) is 4.54. The van der Waals surface area contributed by atoms with Gasteiger partial charge in [0.2, 0.25) is 17.7 Å². The molecule has 0 unspecified atom stereocenters. The summed E-state index contributed by atoms with van der Waals surface area (Å²) in [7, 11) is 0. The van der Waals surface area contributed by atoms with Gasteiger partial charge in [-0.25, -0.2) is 4.39 Å². The minimum Gasteiger partial charge on any atom is -0.346 e. The molecule has 1 aromatic rings. The number of hydrogen-bond acceptors (Lipinski definition) is 4. The standard InChI is InChI=1S/C15H21FN4O3/c1-9(2)14(17)15(23)19-7-12(21)18-8-13(22)20-11-5-3-10(16)4-6-11/h3-6,9,14H,7-8,17H2,1-2H3,(H,18,21)(H,19,23)(H,20,22)/t14-/m0/s1. The first-order valence-corrected chi connectivity index (χ1v) is 7.15. The van der Waals surface area contributed by atoms with Crippen molar-refractivity contribution in [1.29, 1.82) is 0 Å². The molecule has 126 valence electrons. The molecule has 0 aliphatic heterocycles. The average Bonchev–Trinajstić information content (AvgIpc) is 2.51. The molecule has 0 saturated carbocycles. The fourth-order valence-corrected chi connectivity index (χ4v) is 1.57. The minimum atomic E-state index is -0.690. The van der Waals surface area contributed by atoms with E-state index in [4.69, 9.17) is 5.73 Å². The number of nitrogens with one attached hydrogen (secondary N) is 3. The zero-order valence-corrected chi connectivity index (χ0v) is 13.1. The number of nitrogens with two attached hydrogens (primary N) is 1. The molecule has 0 bridgehead atoms. The van der Waals surface area contributed by atoms with E-state index in [1.54, 1.807) is 13.8 Å². The molecule has 1 aromatic carbocycles. The molecular formula is C15H21FN4O3. The van der Waals surface area contributed by atoms with Crippen LogP contribution in [0.15, 0.2) is 24.3 Å². The quantitative estimate of drug-likeness (QED) is 0.564. The molecule has 0 heterocycles. The number of benzene rings is 1. The number of amides is 3. The van der Waals surface area contributed by atoms with Gasteiger partial charge in [-0.15, -0.1) is 0 Å². The van der Waals surface area contributed by atoms with Gasteiger partial charge in [0.25, 0.3) is 0 Å². The van der Waals surface area contributed by atoms with Crippen molar-refractivity contribution in [2.75, 3.05) is 18.4 Å². The van der Waals surface area contributed by atoms with Gasteiger partial charge in [0.1, 0.15) is 5.82 Å². The van der Waals surface area contributed by atoms with Gasteiger partial charge < -0.3 is 21.7 Å². The van der Waals surface area contributed by atoms with Gasteiger partial charge in [-0.05, 0) is 30.2 Å². The fraction of sp³-hybridized carbons (Fsp3) is 0.400. The largest absolute Gasteiger partial charge is 0.346 e. The van der Waals surface area contributed by atoms with E-state index < -0.39 is 29.6 Å². The van der Waals surface area contributed by atoms with E-state index >= 15 is 0 Å². The van der Waals surface area contributed by atoms with Crippen molar-refractivity contribution in [3.8, 4) is 0 Å². The number of anilines is 1. The summed E-state index contributed by atoms with van der Waals surface area (Å²) in [6.07, 6.45) is 0. The first-order chi connectivity index (χ1) is 10.8. The second kappa shape index (κ2) is 8.84. The van der Waals surface area contributed by atoms with Crippen molar-refractivity contribution < 1.29 is 18.8 Å². The zero-order chi connectivity index (χ0) is 17.4. The van der Waals surface area contributed by atoms with Gasteiger partial charge in [0.05, 0.1) is 19.1 Å². The highest BCUT2D eigenvalue weighted by atomic mass is 19.1. The lowest BCUT2D eigenvalue weighted by Crippen LogP contribution is -2.47. The van der Waals surface area contributed by atoms with Crippen LogP contribution in [0.2, 0.25) is 0 Å². The third-order valence-electron chi connectivity index (χ3n) is 3.02. The van der Waals surface area contributed by atoms with Crippen LogP contribution < -0.4 is 21.7 Å². The third kappa shape index (κ3) is 6.88. The van der Waals surface area contributed by atoms with E-state index in [1.807, 2.05) is 0 Å². The Morgan fingerprint density at radius 1 is 1.04 bits per heavy atom. The van der Waals surface area contributed by atoms with Crippen molar-refractivity contribution in [2.45, 2.75) is 19.9 Å². The van der Waals surface area contributed by atoms with Crippen molar-refractivity contribution >= 4 is 23.4 Å². The van der Waals surface area contributed by atoms with E-state index in [-0.39, 0.29) is 19.0 Å². The molecule has 0 radical (unpaired) electrons. The molecular weight excluding hydrogens is 303 g/mol. The van der Waals surface area contributed by atoms with Crippen molar-refractivity contribution in [3.63, 3.8) is 0 Å². The Labute approximate surface area is 133 Å². The Kier molecular flexibility index (Phi) is 7.14. The van der Waals surface area contributed by atoms with Crippen molar-refractivity contribution in [3.05, 3.63) is 30.1 Å². The summed E-state index contributed by atoms with van der Waals surface area (Å²) >= 11 is 0. The molecule has 1 atom stereocenters. The molecule has 0 aromatic heterocycles. The highest BCUT2D eigenvalue weighted by Gasteiger charge is 2.17. The molecule has 0 aliphatic rings. The predicted octanol–water partition coefficient (Wildman–Crippen LogP) is -0.0201. The first-order valence-electron chi connectivity index (χ1n) is 7.15. The van der Waals surface area contributed by atoms with Gasteiger partial charge in [0.15, 0.2) is 0 Å². The van der Waals surface area contributed by atoms with Crippen LogP contribution in [-0.2, 0) is 14.4 Å². The summed E-state index contributed by atoms with van der Waals surface area (Å²) in [4.78, 5) is 34.7. The number of halogens is 1. The number of rotatable bonds is 7. The molecule has 0 spiro atoms. The second-order valence-electron chi connectivity index (χ2n) is 5.32. The van der Waals surface area contributed by atoms with Crippen LogP contribution in [0.3, 0.4) is 0 Å². The molecule has 7 nitrogen and oxygen atoms in total. The molecule has 23 heavy (non-hydrogen) atoms. The Morgan fingerprint density at radius 2 is 1.61 bits per heavy atom. The molecule has 1 rings (SSSR count). The molecule has 0 aliphatic carbocycles. The lowest BCUT2D eigenvalue weighted by Gasteiger charge is -2.15. The SMILES string of the molecule is CC(C)[C@H](N)C(=O)NCC(=O)NCC(=O)Nc1ccc(F)cc1. The van der Waals surface area contributed by atoms with Gasteiger partial charge in [-0.2, -0.15) is 0 Å². The van der Waals surface area contributed by atoms with E-state index in [0.717, 1.165) is 0 Å². The Balaban J connectivity index is 2.28. The Bertz CT molecular complexity index is 560. The normalized spacial score (nSPS) is 11.7. The van der Waals surface area contributed by atoms with E-state index in [9.17, 15) is 18.8 Å². The maximum absolute atomic E-state index is 12.7. The van der Waals surface area contributed by atoms with Crippen molar-refractivity contribution in [1.82, 2.24) is 10.6 Å². The highest BCUT2D eigenvalue weighted by Crippen LogP contribution is 2.07. The van der Waals surface area contributed by atoms with E-state index in [0.29, 0.717) is 5.69 Å². The highest BCUT2D eigenvalue weighted by molar-refractivity contribution is 5.95. The lowest BCUT2D eigenvalue weighted by molar-refractivity contribution is -0.127. The monoisotopic (exact) mass is 324 g/mol. The third-order valence-corrected chi connectivity index (χ3v) is 3.02. The van der Waals surface area contributed by atoms with E-state index in [2.05, 4.69) is 16.0 Å². The van der Waals surface area contributed by atoms with Gasteiger partial charge >= 0.3 is 0 Å². The van der Waals surface area contributed by atoms with Crippen LogP contribution in [0, 0.1) is 11.7 Å². The average molecular weight is 324 g/mol. The number of carbonyl (C=O) groups excluding carboxylic acids is 3. The fourth-order valence-electron chi connectivity index (χ4n) is 1.57. The van der Waals surface area contributed by atoms with Crippen molar-refractivity contribution in [2.24, 2.45) is 11.7 Å². The van der Waals surface area contributed by atoms with Crippen LogP contribution in [0.25, 0.3) is 0 Å². The maximum atomic E-state index is 12.7. The summed E-state index contributed by atoms with van der Waals surface area (Å²) in [5.41, 5.74) is 6.05. The predicted molar refractivity (Wildman–Crippen MR) is 83.9 cm³/mol. The molecule has 8 heteroatoms. The summed E-state index contributed by atoms with van der Waals surface area (Å²) in [6.45, 7) is 3.07. The Hall–Kier alpha value is -2.48.